The summed E-state index contributed by atoms with van der Waals surface area (Å²) >= 11 is 10.6. The van der Waals surface area contributed by atoms with Gasteiger partial charge in [0.2, 0.25) is 0 Å². The molecule has 18 heavy (non-hydrogen) atoms. The molecule has 0 saturated carbocycles. The highest BCUT2D eigenvalue weighted by Crippen LogP contribution is 2.38. The Labute approximate surface area is 139 Å². The molecule has 0 aliphatic carbocycles. The van der Waals surface area contributed by atoms with Crippen LogP contribution in [0.5, 0.6) is 0 Å². The maximum Gasteiger partial charge on any atom is 0.135 e. The highest BCUT2D eigenvalue weighted by Gasteiger charge is 2.15. The molecule has 0 radical (unpaired) electrons. The lowest BCUT2D eigenvalue weighted by Gasteiger charge is -2.10. The molecule has 0 bridgehead atoms. The van der Waals surface area contributed by atoms with Crippen LogP contribution in [0, 0.1) is 0 Å². The Bertz CT molecular complexity index is 164. The summed E-state index contributed by atoms with van der Waals surface area (Å²) in [6, 6.07) is 0. The van der Waals surface area contributed by atoms with Crippen LogP contribution in [0.4, 0.5) is 0 Å². The molecule has 3 heteroatoms. The molecule has 0 aliphatic rings. The van der Waals surface area contributed by atoms with Crippen molar-refractivity contribution in [3.05, 3.63) is 0 Å². The minimum absolute atomic E-state index is 0.0223. The minimum atomic E-state index is -0.0223. The van der Waals surface area contributed by atoms with Crippen LogP contribution in [0.25, 0.3) is 0 Å². The Morgan fingerprint density at radius 2 is 0.889 bits per heavy atom. The fourth-order valence-corrected chi connectivity index (χ4v) is 3.01. The van der Waals surface area contributed by atoms with Crippen LogP contribution in [0.1, 0.15) is 90.4 Å². The van der Waals surface area contributed by atoms with Gasteiger partial charge in [-0.3, -0.25) is 0 Å². The first-order valence-corrected chi connectivity index (χ1v) is 10.0. The SMILES string of the molecule is CCCCCCCCCCCCCCC(Br)(Br)Br. The van der Waals surface area contributed by atoms with Gasteiger partial charge in [0.15, 0.2) is 0 Å². The molecule has 0 nitrogen and oxygen atoms in total. The molecule has 0 unspecified atom stereocenters. The van der Waals surface area contributed by atoms with Crippen molar-refractivity contribution in [1.29, 1.82) is 0 Å². The van der Waals surface area contributed by atoms with E-state index in [1.165, 1.54) is 77.0 Å². The average molecular weight is 449 g/mol. The second-order valence-electron chi connectivity index (χ2n) is 5.25. The van der Waals surface area contributed by atoms with Crippen molar-refractivity contribution in [2.45, 2.75) is 92.5 Å². The van der Waals surface area contributed by atoms with Gasteiger partial charge < -0.3 is 0 Å². The van der Waals surface area contributed by atoms with E-state index in [1.807, 2.05) is 0 Å². The zero-order valence-electron chi connectivity index (χ0n) is 11.8. The van der Waals surface area contributed by atoms with Crippen LogP contribution in [-0.4, -0.2) is 2.14 Å². The Morgan fingerprint density at radius 3 is 1.22 bits per heavy atom. The molecule has 110 valence electrons. The summed E-state index contributed by atoms with van der Waals surface area (Å²) in [7, 11) is 0. The van der Waals surface area contributed by atoms with Crippen LogP contribution >= 0.6 is 47.8 Å². The van der Waals surface area contributed by atoms with Gasteiger partial charge >= 0.3 is 0 Å². The van der Waals surface area contributed by atoms with Crippen LogP contribution in [0.2, 0.25) is 0 Å². The quantitative estimate of drug-likeness (QED) is 0.210. The van der Waals surface area contributed by atoms with E-state index >= 15 is 0 Å². The molecular weight excluding hydrogens is 420 g/mol. The van der Waals surface area contributed by atoms with Gasteiger partial charge in [0.1, 0.15) is 2.14 Å². The van der Waals surface area contributed by atoms with Crippen molar-refractivity contribution in [1.82, 2.24) is 0 Å². The van der Waals surface area contributed by atoms with Crippen LogP contribution in [0.3, 0.4) is 0 Å². The molecule has 0 rings (SSSR count). The van der Waals surface area contributed by atoms with Gasteiger partial charge in [0.25, 0.3) is 0 Å². The Balaban J connectivity index is 2.99. The highest BCUT2D eigenvalue weighted by molar-refractivity contribution is 9.39. The standard InChI is InChI=1S/C15H29Br3/c1-2-3-4-5-6-7-8-9-10-11-12-13-14-15(16,17)18/h2-14H2,1H3. The summed E-state index contributed by atoms with van der Waals surface area (Å²) in [6.45, 7) is 2.28. The topological polar surface area (TPSA) is 0 Å². The molecule has 0 heterocycles. The van der Waals surface area contributed by atoms with Gasteiger partial charge in [-0.15, -0.1) is 0 Å². The van der Waals surface area contributed by atoms with Crippen molar-refractivity contribution < 1.29 is 0 Å². The molecule has 0 aromatic heterocycles. The summed E-state index contributed by atoms with van der Waals surface area (Å²) in [5.74, 6) is 0. The molecule has 0 amide bonds. The van der Waals surface area contributed by atoms with E-state index in [0.717, 1.165) is 6.42 Å². The van der Waals surface area contributed by atoms with Crippen LogP contribution in [-0.2, 0) is 0 Å². The Hall–Kier alpha value is 1.44. The Morgan fingerprint density at radius 1 is 0.556 bits per heavy atom. The van der Waals surface area contributed by atoms with E-state index in [4.69, 9.17) is 0 Å². The second-order valence-corrected chi connectivity index (χ2v) is 12.5. The lowest BCUT2D eigenvalue weighted by molar-refractivity contribution is 0.542. The summed E-state index contributed by atoms with van der Waals surface area (Å²) in [5.41, 5.74) is 0. The lowest BCUT2D eigenvalue weighted by Crippen LogP contribution is -1.98. The van der Waals surface area contributed by atoms with Gasteiger partial charge in [-0.2, -0.15) is 0 Å². The van der Waals surface area contributed by atoms with Gasteiger partial charge in [-0.05, 0) is 6.42 Å². The number of halogens is 3. The summed E-state index contributed by atoms with van der Waals surface area (Å²) in [4.78, 5) is 0. The number of hydrogen-bond donors (Lipinski definition) is 0. The average Bonchev–Trinajstić information content (AvgIpc) is 2.29. The van der Waals surface area contributed by atoms with Crippen molar-refractivity contribution in [3.63, 3.8) is 0 Å². The van der Waals surface area contributed by atoms with Crippen LogP contribution in [0.15, 0.2) is 0 Å². The van der Waals surface area contributed by atoms with Crippen LogP contribution < -0.4 is 0 Å². The Kier molecular flexibility index (Phi) is 14.5. The van der Waals surface area contributed by atoms with Gasteiger partial charge in [-0.1, -0.05) is 132 Å². The van der Waals surface area contributed by atoms with E-state index in [9.17, 15) is 0 Å². The minimum Gasteiger partial charge on any atom is -0.0654 e. The van der Waals surface area contributed by atoms with Gasteiger partial charge in [0, 0.05) is 0 Å². The van der Waals surface area contributed by atoms with Crippen molar-refractivity contribution >= 4 is 47.8 Å². The molecule has 0 aromatic carbocycles. The monoisotopic (exact) mass is 446 g/mol. The largest absolute Gasteiger partial charge is 0.135 e. The van der Waals surface area contributed by atoms with E-state index in [1.54, 1.807) is 0 Å². The molecule has 0 aromatic rings. The molecule has 0 atom stereocenters. The molecule has 0 N–H and O–H groups in total. The van der Waals surface area contributed by atoms with Gasteiger partial charge in [-0.25, -0.2) is 0 Å². The maximum absolute atomic E-state index is 3.54. The summed E-state index contributed by atoms with van der Waals surface area (Å²) < 4.78 is -0.0223. The fraction of sp³-hybridized carbons (Fsp3) is 1.00. The number of hydrogen-bond acceptors (Lipinski definition) is 0. The van der Waals surface area contributed by atoms with E-state index in [-0.39, 0.29) is 2.14 Å². The zero-order chi connectivity index (χ0) is 13.7. The number of unbranched alkanes of at least 4 members (excludes halogenated alkanes) is 11. The molecule has 0 aliphatic heterocycles. The highest BCUT2D eigenvalue weighted by atomic mass is 80.0. The summed E-state index contributed by atoms with van der Waals surface area (Å²) in [6.07, 6.45) is 18.1. The molecule has 0 fully saturated rings. The third kappa shape index (κ3) is 17.4. The predicted molar refractivity (Wildman–Crippen MR) is 95.2 cm³/mol. The first kappa shape index (κ1) is 19.4. The fourth-order valence-electron chi connectivity index (χ4n) is 2.17. The van der Waals surface area contributed by atoms with E-state index in [2.05, 4.69) is 54.7 Å². The van der Waals surface area contributed by atoms with Gasteiger partial charge in [0.05, 0.1) is 0 Å². The molecular formula is C15H29Br3. The smallest absolute Gasteiger partial charge is 0.0654 e. The number of rotatable bonds is 12. The first-order valence-electron chi connectivity index (χ1n) is 7.63. The van der Waals surface area contributed by atoms with Crippen molar-refractivity contribution in [2.75, 3.05) is 0 Å². The maximum atomic E-state index is 3.54. The van der Waals surface area contributed by atoms with Crippen molar-refractivity contribution in [2.24, 2.45) is 0 Å². The first-order chi connectivity index (χ1) is 8.56. The third-order valence-electron chi connectivity index (χ3n) is 3.31. The zero-order valence-corrected chi connectivity index (χ0v) is 16.6. The third-order valence-corrected chi connectivity index (χ3v) is 4.50. The molecule has 0 spiro atoms. The second kappa shape index (κ2) is 13.4. The molecule has 0 saturated heterocycles. The summed E-state index contributed by atoms with van der Waals surface area (Å²) in [5, 5.41) is 0. The lowest BCUT2D eigenvalue weighted by atomic mass is 10.1. The van der Waals surface area contributed by atoms with Crippen molar-refractivity contribution in [3.8, 4) is 0 Å². The van der Waals surface area contributed by atoms with E-state index < -0.39 is 0 Å². The number of alkyl halides is 3. The van der Waals surface area contributed by atoms with E-state index in [0.29, 0.717) is 0 Å². The predicted octanol–water partition coefficient (Wildman–Crippen LogP) is 7.92. The normalized spacial score (nSPS) is 12.0.